The van der Waals surface area contributed by atoms with Gasteiger partial charge in [0.2, 0.25) is 0 Å². The van der Waals surface area contributed by atoms with Crippen LogP contribution in [0.2, 0.25) is 0 Å². The van der Waals surface area contributed by atoms with Gasteiger partial charge in [0.15, 0.2) is 6.10 Å². The number of ether oxygens (including phenoxy) is 1. The molecule has 0 aliphatic carbocycles. The number of carbonyl (C=O) groups excluding carboxylic acids is 2. The van der Waals surface area contributed by atoms with Crippen LogP contribution in [0.25, 0.3) is 10.2 Å². The summed E-state index contributed by atoms with van der Waals surface area (Å²) >= 11 is 1.59. The molecule has 29 heavy (non-hydrogen) atoms. The first-order chi connectivity index (χ1) is 13.9. The number of amides is 1. The number of thiophene rings is 1. The van der Waals surface area contributed by atoms with Gasteiger partial charge in [0.1, 0.15) is 5.69 Å². The van der Waals surface area contributed by atoms with E-state index in [-0.39, 0.29) is 17.9 Å². The zero-order chi connectivity index (χ0) is 21.0. The average Bonchev–Trinajstić information content (AvgIpc) is 3.27. The summed E-state index contributed by atoms with van der Waals surface area (Å²) in [6.45, 7) is 8.33. The van der Waals surface area contributed by atoms with Gasteiger partial charge in [-0.3, -0.25) is 4.79 Å². The molecule has 2 aromatic heterocycles. The fraction of sp³-hybridized carbons (Fsp3) is 0.391. The standard InChI is InChI=1S/C23H28N2O3S/c1-15(2)21(22(26)24-12-10-17-8-6-5-7-9-17)28-23(27)19-14-20-18(11-13-29-20)25(19)16(3)4/h5-9,11,13-16,21H,10,12H2,1-4H3,(H,24,26)/t21-/m0/s1. The molecule has 0 aliphatic heterocycles. The number of hydrogen-bond acceptors (Lipinski definition) is 4. The van der Waals surface area contributed by atoms with Gasteiger partial charge in [0, 0.05) is 12.6 Å². The molecule has 1 amide bonds. The smallest absolute Gasteiger partial charge is 0.355 e. The van der Waals surface area contributed by atoms with E-state index in [9.17, 15) is 9.59 Å². The summed E-state index contributed by atoms with van der Waals surface area (Å²) in [7, 11) is 0. The number of aromatic nitrogens is 1. The van der Waals surface area contributed by atoms with Crippen molar-refractivity contribution in [2.45, 2.75) is 46.3 Å². The molecule has 0 bridgehead atoms. The number of esters is 1. The van der Waals surface area contributed by atoms with Gasteiger partial charge in [-0.25, -0.2) is 4.79 Å². The van der Waals surface area contributed by atoms with E-state index >= 15 is 0 Å². The van der Waals surface area contributed by atoms with E-state index in [4.69, 9.17) is 4.74 Å². The van der Waals surface area contributed by atoms with Gasteiger partial charge < -0.3 is 14.6 Å². The molecule has 0 saturated carbocycles. The minimum atomic E-state index is -0.827. The lowest BCUT2D eigenvalue weighted by molar-refractivity contribution is -0.132. The third-order valence-corrected chi connectivity index (χ3v) is 5.69. The summed E-state index contributed by atoms with van der Waals surface area (Å²) in [6.07, 6.45) is -0.0931. The molecule has 0 spiro atoms. The number of nitrogens with one attached hydrogen (secondary N) is 1. The molecule has 1 N–H and O–H groups in total. The highest BCUT2D eigenvalue weighted by atomic mass is 32.1. The highest BCUT2D eigenvalue weighted by molar-refractivity contribution is 7.17. The predicted molar refractivity (Wildman–Crippen MR) is 117 cm³/mol. The van der Waals surface area contributed by atoms with Crippen LogP contribution in [0, 0.1) is 5.92 Å². The highest BCUT2D eigenvalue weighted by Gasteiger charge is 2.29. The van der Waals surface area contributed by atoms with Crippen molar-refractivity contribution in [1.82, 2.24) is 9.88 Å². The van der Waals surface area contributed by atoms with E-state index in [1.807, 2.05) is 80.1 Å². The summed E-state index contributed by atoms with van der Waals surface area (Å²) in [5, 5.41) is 4.92. The molecular weight excluding hydrogens is 384 g/mol. The van der Waals surface area contributed by atoms with Gasteiger partial charge in [-0.15, -0.1) is 11.3 Å². The third kappa shape index (κ3) is 4.88. The summed E-state index contributed by atoms with van der Waals surface area (Å²) in [5.74, 6) is -0.841. The van der Waals surface area contributed by atoms with Crippen LogP contribution in [0.4, 0.5) is 0 Å². The molecule has 3 rings (SSSR count). The Hall–Kier alpha value is -2.60. The second-order valence-corrected chi connectivity index (χ2v) is 8.71. The van der Waals surface area contributed by atoms with Crippen LogP contribution in [0.5, 0.6) is 0 Å². The minimum Gasteiger partial charge on any atom is -0.447 e. The van der Waals surface area contributed by atoms with Crippen molar-refractivity contribution in [2.75, 3.05) is 6.54 Å². The summed E-state index contributed by atoms with van der Waals surface area (Å²) in [6, 6.07) is 13.9. The largest absolute Gasteiger partial charge is 0.447 e. The maximum absolute atomic E-state index is 12.9. The molecular formula is C23H28N2O3S. The lowest BCUT2D eigenvalue weighted by Crippen LogP contribution is -2.42. The van der Waals surface area contributed by atoms with Crippen LogP contribution in [0.15, 0.2) is 47.8 Å². The molecule has 0 unspecified atom stereocenters. The van der Waals surface area contributed by atoms with Crippen LogP contribution >= 0.6 is 11.3 Å². The summed E-state index contributed by atoms with van der Waals surface area (Å²) in [5.41, 5.74) is 2.66. The van der Waals surface area contributed by atoms with Crippen molar-refractivity contribution < 1.29 is 14.3 Å². The topological polar surface area (TPSA) is 60.3 Å². The normalized spacial score (nSPS) is 12.5. The van der Waals surface area contributed by atoms with Crippen LogP contribution in [-0.4, -0.2) is 29.1 Å². The van der Waals surface area contributed by atoms with E-state index < -0.39 is 12.1 Å². The number of hydrogen-bond donors (Lipinski definition) is 1. The maximum Gasteiger partial charge on any atom is 0.355 e. The van der Waals surface area contributed by atoms with Crippen LogP contribution in [0.3, 0.4) is 0 Å². The summed E-state index contributed by atoms with van der Waals surface area (Å²) in [4.78, 5) is 25.6. The number of benzene rings is 1. The van der Waals surface area contributed by atoms with E-state index in [0.717, 1.165) is 22.2 Å². The Balaban J connectivity index is 1.68. The Morgan fingerprint density at radius 3 is 2.48 bits per heavy atom. The molecule has 1 atom stereocenters. The molecule has 3 aromatic rings. The number of rotatable bonds is 8. The van der Waals surface area contributed by atoms with Crippen LogP contribution < -0.4 is 5.32 Å². The first kappa shape index (κ1) is 21.1. The zero-order valence-electron chi connectivity index (χ0n) is 17.3. The SMILES string of the molecule is CC(C)[C@H](OC(=O)c1cc2sccc2n1C(C)C)C(=O)NCCc1ccccc1. The Kier molecular flexibility index (Phi) is 6.75. The van der Waals surface area contributed by atoms with Crippen molar-refractivity contribution in [2.24, 2.45) is 5.92 Å². The molecule has 5 nitrogen and oxygen atoms in total. The fourth-order valence-electron chi connectivity index (χ4n) is 3.40. The van der Waals surface area contributed by atoms with Crippen molar-refractivity contribution in [1.29, 1.82) is 0 Å². The minimum absolute atomic E-state index is 0.113. The summed E-state index contributed by atoms with van der Waals surface area (Å²) < 4.78 is 8.70. The highest BCUT2D eigenvalue weighted by Crippen LogP contribution is 2.29. The molecule has 154 valence electrons. The Morgan fingerprint density at radius 2 is 1.83 bits per heavy atom. The number of carbonyl (C=O) groups is 2. The number of fused-ring (bicyclic) bond motifs is 1. The first-order valence-corrected chi connectivity index (χ1v) is 10.9. The molecule has 0 saturated heterocycles. The fourth-order valence-corrected chi connectivity index (χ4v) is 4.21. The van der Waals surface area contributed by atoms with Crippen molar-refractivity contribution in [3.8, 4) is 0 Å². The Morgan fingerprint density at radius 1 is 1.10 bits per heavy atom. The molecule has 0 fully saturated rings. The lowest BCUT2D eigenvalue weighted by Gasteiger charge is -2.22. The van der Waals surface area contributed by atoms with Gasteiger partial charge in [0.05, 0.1) is 10.2 Å². The molecule has 0 aliphatic rings. The van der Waals surface area contributed by atoms with Gasteiger partial charge in [0.25, 0.3) is 5.91 Å². The molecule has 6 heteroatoms. The van der Waals surface area contributed by atoms with Crippen molar-refractivity contribution in [3.05, 3.63) is 59.1 Å². The molecule has 0 radical (unpaired) electrons. The van der Waals surface area contributed by atoms with Crippen molar-refractivity contribution >= 4 is 33.4 Å². The molecule has 1 aromatic carbocycles. The van der Waals surface area contributed by atoms with Gasteiger partial charge >= 0.3 is 5.97 Å². The number of nitrogens with zero attached hydrogens (tertiary/aromatic N) is 1. The van der Waals surface area contributed by atoms with E-state index in [1.54, 1.807) is 11.3 Å². The van der Waals surface area contributed by atoms with Crippen LogP contribution in [-0.2, 0) is 16.0 Å². The van der Waals surface area contributed by atoms with Gasteiger partial charge in [-0.2, -0.15) is 0 Å². The molecule has 2 heterocycles. The lowest BCUT2D eigenvalue weighted by atomic mass is 10.1. The zero-order valence-corrected chi connectivity index (χ0v) is 18.2. The van der Waals surface area contributed by atoms with E-state index in [1.165, 1.54) is 0 Å². The maximum atomic E-state index is 12.9. The Labute approximate surface area is 175 Å². The van der Waals surface area contributed by atoms with Gasteiger partial charge in [-0.1, -0.05) is 44.2 Å². The van der Waals surface area contributed by atoms with E-state index in [0.29, 0.717) is 12.2 Å². The second-order valence-electron chi connectivity index (χ2n) is 7.76. The first-order valence-electron chi connectivity index (χ1n) is 9.99. The van der Waals surface area contributed by atoms with Crippen LogP contribution in [0.1, 0.15) is 49.8 Å². The van der Waals surface area contributed by atoms with E-state index in [2.05, 4.69) is 5.32 Å². The average molecular weight is 413 g/mol. The quantitative estimate of drug-likeness (QED) is 0.540. The Bertz CT molecular complexity index is 973. The predicted octanol–water partition coefficient (Wildman–Crippen LogP) is 4.82. The second kappa shape index (κ2) is 9.27. The van der Waals surface area contributed by atoms with Crippen molar-refractivity contribution in [3.63, 3.8) is 0 Å². The third-order valence-electron chi connectivity index (χ3n) is 4.84. The van der Waals surface area contributed by atoms with Gasteiger partial charge in [-0.05, 0) is 49.3 Å². The monoisotopic (exact) mass is 412 g/mol.